The number of hydrogen-bond acceptors (Lipinski definition) is 2. The molecular weight excluding hydrogens is 286 g/mol. The highest BCUT2D eigenvalue weighted by Crippen LogP contribution is 2.33. The molecule has 0 amide bonds. The van der Waals surface area contributed by atoms with Crippen molar-refractivity contribution in [3.05, 3.63) is 89.0 Å². The number of fused-ring (bicyclic) bond motifs is 2. The second-order valence-corrected chi connectivity index (χ2v) is 5.50. The van der Waals surface area contributed by atoms with E-state index in [4.69, 9.17) is 0 Å². The minimum atomic E-state index is -0.324. The summed E-state index contributed by atoms with van der Waals surface area (Å²) < 4.78 is 0. The fourth-order valence-corrected chi connectivity index (χ4v) is 3.06. The summed E-state index contributed by atoms with van der Waals surface area (Å²) >= 11 is 0. The maximum absolute atomic E-state index is 11.3. The lowest BCUT2D eigenvalue weighted by atomic mass is 9.96. The standard InChI is InChI=1S/C20H13NO2/c22-21(23)20-10-4-7-15-11-12-16(13-19(15)20)18-9-3-6-14-5-1-2-8-17(14)18/h1-13H. The van der Waals surface area contributed by atoms with Crippen molar-refractivity contribution in [2.24, 2.45) is 0 Å². The third-order valence-electron chi connectivity index (χ3n) is 4.16. The Kier molecular flexibility index (Phi) is 3.05. The van der Waals surface area contributed by atoms with Crippen molar-refractivity contribution >= 4 is 27.2 Å². The molecule has 0 aliphatic rings. The molecule has 0 atom stereocenters. The van der Waals surface area contributed by atoms with E-state index in [2.05, 4.69) is 24.3 Å². The summed E-state index contributed by atoms with van der Waals surface area (Å²) in [5.41, 5.74) is 2.22. The summed E-state index contributed by atoms with van der Waals surface area (Å²) in [7, 11) is 0. The number of benzene rings is 4. The van der Waals surface area contributed by atoms with E-state index in [-0.39, 0.29) is 10.6 Å². The van der Waals surface area contributed by atoms with Gasteiger partial charge in [0.1, 0.15) is 0 Å². The Hall–Kier alpha value is -3.20. The molecule has 23 heavy (non-hydrogen) atoms. The molecule has 4 aromatic carbocycles. The van der Waals surface area contributed by atoms with Gasteiger partial charge >= 0.3 is 0 Å². The Morgan fingerprint density at radius 2 is 1.39 bits per heavy atom. The number of nitro groups is 1. The van der Waals surface area contributed by atoms with E-state index in [0.29, 0.717) is 5.39 Å². The Bertz CT molecular complexity index is 1050. The van der Waals surface area contributed by atoms with Crippen molar-refractivity contribution in [3.63, 3.8) is 0 Å². The third kappa shape index (κ3) is 2.23. The molecule has 0 bridgehead atoms. The van der Waals surface area contributed by atoms with Gasteiger partial charge in [0.05, 0.1) is 10.3 Å². The summed E-state index contributed by atoms with van der Waals surface area (Å²) in [6, 6.07) is 25.4. The van der Waals surface area contributed by atoms with Gasteiger partial charge in [-0.3, -0.25) is 10.1 Å². The number of nitro benzene ring substituents is 1. The largest absolute Gasteiger partial charge is 0.277 e. The summed E-state index contributed by atoms with van der Waals surface area (Å²) in [4.78, 5) is 11.0. The van der Waals surface area contributed by atoms with Crippen LogP contribution in [0.15, 0.2) is 78.9 Å². The topological polar surface area (TPSA) is 43.1 Å². The quantitative estimate of drug-likeness (QED) is 0.359. The third-order valence-corrected chi connectivity index (χ3v) is 4.16. The fourth-order valence-electron chi connectivity index (χ4n) is 3.06. The van der Waals surface area contributed by atoms with Crippen LogP contribution in [-0.4, -0.2) is 4.92 Å². The molecular formula is C20H13NO2. The van der Waals surface area contributed by atoms with Gasteiger partial charge in [0.15, 0.2) is 0 Å². The summed E-state index contributed by atoms with van der Waals surface area (Å²) in [5, 5.41) is 15.1. The highest BCUT2D eigenvalue weighted by molar-refractivity contribution is 6.00. The van der Waals surface area contributed by atoms with Crippen LogP contribution in [0.4, 0.5) is 5.69 Å². The van der Waals surface area contributed by atoms with Crippen molar-refractivity contribution in [2.75, 3.05) is 0 Å². The molecule has 0 aliphatic heterocycles. The van der Waals surface area contributed by atoms with Crippen molar-refractivity contribution in [1.29, 1.82) is 0 Å². The molecule has 0 saturated carbocycles. The van der Waals surface area contributed by atoms with Gasteiger partial charge in [0.2, 0.25) is 0 Å². The van der Waals surface area contributed by atoms with Crippen molar-refractivity contribution in [1.82, 2.24) is 0 Å². The van der Waals surface area contributed by atoms with Crippen LogP contribution in [0.3, 0.4) is 0 Å². The predicted molar refractivity (Wildman–Crippen MR) is 93.5 cm³/mol. The number of hydrogen-bond donors (Lipinski definition) is 0. The molecule has 3 heteroatoms. The van der Waals surface area contributed by atoms with E-state index in [1.54, 1.807) is 12.1 Å². The molecule has 0 spiro atoms. The Morgan fingerprint density at radius 1 is 0.696 bits per heavy atom. The second-order valence-electron chi connectivity index (χ2n) is 5.50. The molecule has 0 radical (unpaired) electrons. The molecule has 4 rings (SSSR count). The number of non-ortho nitro benzene ring substituents is 1. The Labute approximate surface area is 133 Å². The molecule has 0 saturated heterocycles. The molecule has 0 aliphatic carbocycles. The second kappa shape index (κ2) is 5.21. The van der Waals surface area contributed by atoms with Crippen LogP contribution in [0.25, 0.3) is 32.7 Å². The van der Waals surface area contributed by atoms with Gasteiger partial charge in [0, 0.05) is 6.07 Å². The lowest BCUT2D eigenvalue weighted by molar-refractivity contribution is -0.383. The zero-order valence-corrected chi connectivity index (χ0v) is 12.3. The molecule has 0 N–H and O–H groups in total. The van der Waals surface area contributed by atoms with Gasteiger partial charge in [-0.05, 0) is 33.4 Å². The van der Waals surface area contributed by atoms with Crippen LogP contribution >= 0.6 is 0 Å². The highest BCUT2D eigenvalue weighted by atomic mass is 16.6. The van der Waals surface area contributed by atoms with Crippen molar-refractivity contribution in [3.8, 4) is 11.1 Å². The zero-order chi connectivity index (χ0) is 15.8. The first kappa shape index (κ1) is 13.5. The fraction of sp³-hybridized carbons (Fsp3) is 0. The predicted octanol–water partition coefficient (Wildman–Crippen LogP) is 5.57. The molecule has 0 heterocycles. The van der Waals surface area contributed by atoms with Crippen LogP contribution in [0.5, 0.6) is 0 Å². The Morgan fingerprint density at radius 3 is 2.22 bits per heavy atom. The molecule has 0 unspecified atom stereocenters. The minimum absolute atomic E-state index is 0.143. The van der Waals surface area contributed by atoms with Gasteiger partial charge in [-0.2, -0.15) is 0 Å². The van der Waals surface area contributed by atoms with Gasteiger partial charge in [-0.25, -0.2) is 0 Å². The summed E-state index contributed by atoms with van der Waals surface area (Å²) in [6.45, 7) is 0. The van der Waals surface area contributed by atoms with Gasteiger partial charge < -0.3 is 0 Å². The van der Waals surface area contributed by atoms with E-state index < -0.39 is 0 Å². The average molecular weight is 299 g/mol. The van der Waals surface area contributed by atoms with Crippen molar-refractivity contribution < 1.29 is 4.92 Å². The van der Waals surface area contributed by atoms with Crippen LogP contribution in [0.1, 0.15) is 0 Å². The number of nitrogens with zero attached hydrogens (tertiary/aromatic N) is 1. The van der Waals surface area contributed by atoms with E-state index >= 15 is 0 Å². The molecule has 4 aromatic rings. The smallest absolute Gasteiger partial charge is 0.258 e. The normalized spacial score (nSPS) is 11.0. The van der Waals surface area contributed by atoms with Gasteiger partial charge in [-0.15, -0.1) is 0 Å². The zero-order valence-electron chi connectivity index (χ0n) is 12.3. The SMILES string of the molecule is O=[N+]([O-])c1cccc2ccc(-c3cccc4ccccc34)cc12. The monoisotopic (exact) mass is 299 g/mol. The average Bonchev–Trinajstić information content (AvgIpc) is 2.60. The molecule has 110 valence electrons. The minimum Gasteiger partial charge on any atom is -0.258 e. The van der Waals surface area contributed by atoms with Crippen LogP contribution in [-0.2, 0) is 0 Å². The van der Waals surface area contributed by atoms with E-state index in [1.807, 2.05) is 42.5 Å². The maximum Gasteiger partial charge on any atom is 0.277 e. The first-order valence-corrected chi connectivity index (χ1v) is 7.39. The first-order chi connectivity index (χ1) is 11.2. The summed E-state index contributed by atoms with van der Waals surface area (Å²) in [6.07, 6.45) is 0. The summed E-state index contributed by atoms with van der Waals surface area (Å²) in [5.74, 6) is 0. The lowest BCUT2D eigenvalue weighted by Gasteiger charge is -2.08. The lowest BCUT2D eigenvalue weighted by Crippen LogP contribution is -1.90. The van der Waals surface area contributed by atoms with Crippen LogP contribution in [0, 0.1) is 10.1 Å². The molecule has 0 aromatic heterocycles. The maximum atomic E-state index is 11.3. The number of rotatable bonds is 2. The van der Waals surface area contributed by atoms with Crippen molar-refractivity contribution in [2.45, 2.75) is 0 Å². The van der Waals surface area contributed by atoms with Gasteiger partial charge in [0.25, 0.3) is 5.69 Å². The Balaban J connectivity index is 2.02. The van der Waals surface area contributed by atoms with Crippen LogP contribution < -0.4 is 0 Å². The van der Waals surface area contributed by atoms with Gasteiger partial charge in [-0.1, -0.05) is 66.7 Å². The molecule has 0 fully saturated rings. The highest BCUT2D eigenvalue weighted by Gasteiger charge is 2.12. The van der Waals surface area contributed by atoms with Crippen LogP contribution in [0.2, 0.25) is 0 Å². The first-order valence-electron chi connectivity index (χ1n) is 7.39. The van der Waals surface area contributed by atoms with E-state index in [9.17, 15) is 10.1 Å². The molecule has 3 nitrogen and oxygen atoms in total. The van der Waals surface area contributed by atoms with E-state index in [1.165, 1.54) is 0 Å². The van der Waals surface area contributed by atoms with E-state index in [0.717, 1.165) is 27.3 Å².